The van der Waals surface area contributed by atoms with E-state index < -0.39 is 22.5 Å². The van der Waals surface area contributed by atoms with Gasteiger partial charge in [0.15, 0.2) is 0 Å². The molecule has 0 spiro atoms. The smallest absolute Gasteiger partial charge is 0.268 e. The number of aryl methyl sites for hydroxylation is 2. The van der Waals surface area contributed by atoms with Crippen molar-refractivity contribution in [3.63, 3.8) is 0 Å². The number of halogens is 1. The number of ether oxygens (including phenoxy) is 2. The van der Waals surface area contributed by atoms with Crippen LogP contribution in [0.5, 0.6) is 11.5 Å². The first-order valence-corrected chi connectivity index (χ1v) is 12.4. The van der Waals surface area contributed by atoms with Gasteiger partial charge in [0.1, 0.15) is 22.9 Å². The van der Waals surface area contributed by atoms with Crippen molar-refractivity contribution in [3.05, 3.63) is 76.8 Å². The highest BCUT2D eigenvalue weighted by atomic mass is 35.5. The molecule has 0 aliphatic heterocycles. The van der Waals surface area contributed by atoms with Crippen LogP contribution in [0.4, 0.5) is 11.4 Å². The Labute approximate surface area is 205 Å². The maximum absolute atomic E-state index is 13.8. The van der Waals surface area contributed by atoms with Crippen LogP contribution in [0.15, 0.2) is 65.6 Å². The molecule has 1 N–H and O–H groups in total. The van der Waals surface area contributed by atoms with E-state index >= 15 is 0 Å². The average Bonchev–Trinajstić information content (AvgIpc) is 2.82. The highest BCUT2D eigenvalue weighted by molar-refractivity contribution is 7.93. The van der Waals surface area contributed by atoms with Gasteiger partial charge in [-0.15, -0.1) is 0 Å². The maximum Gasteiger partial charge on any atom is 0.268 e. The van der Waals surface area contributed by atoms with Crippen LogP contribution in [-0.4, -0.2) is 35.1 Å². The zero-order valence-electron chi connectivity index (χ0n) is 19.5. The number of hydrogen-bond donors (Lipinski definition) is 1. The van der Waals surface area contributed by atoms with E-state index in [1.807, 2.05) is 19.1 Å². The first kappa shape index (κ1) is 25.4. The minimum atomic E-state index is -4.16. The third-order valence-corrected chi connectivity index (χ3v) is 7.27. The van der Waals surface area contributed by atoms with E-state index in [0.29, 0.717) is 22.1 Å². The van der Waals surface area contributed by atoms with Gasteiger partial charge in [0.25, 0.3) is 10.0 Å². The van der Waals surface area contributed by atoms with Crippen molar-refractivity contribution in [3.8, 4) is 11.5 Å². The molecule has 0 aliphatic rings. The summed E-state index contributed by atoms with van der Waals surface area (Å²) in [6.45, 7) is 3.32. The molecule has 0 aromatic heterocycles. The molecule has 3 aromatic carbocycles. The van der Waals surface area contributed by atoms with E-state index in [4.69, 9.17) is 21.1 Å². The Balaban J connectivity index is 2.03. The van der Waals surface area contributed by atoms with Crippen molar-refractivity contribution >= 4 is 38.9 Å². The van der Waals surface area contributed by atoms with Gasteiger partial charge in [0, 0.05) is 5.02 Å². The second-order valence-corrected chi connectivity index (χ2v) is 9.85. The Bertz CT molecular complexity index is 1280. The van der Waals surface area contributed by atoms with Gasteiger partial charge in [-0.3, -0.25) is 9.10 Å². The second-order valence-electron chi connectivity index (χ2n) is 7.58. The summed E-state index contributed by atoms with van der Waals surface area (Å²) in [5.41, 5.74) is 2.48. The van der Waals surface area contributed by atoms with Crippen LogP contribution in [0.1, 0.15) is 18.1 Å². The Morgan fingerprint density at radius 3 is 2.24 bits per heavy atom. The van der Waals surface area contributed by atoms with Crippen molar-refractivity contribution in [1.29, 1.82) is 0 Å². The van der Waals surface area contributed by atoms with Gasteiger partial charge in [0.05, 0.1) is 25.6 Å². The summed E-state index contributed by atoms with van der Waals surface area (Å²) in [5, 5.41) is 3.11. The molecule has 0 fully saturated rings. The first-order valence-electron chi connectivity index (χ1n) is 10.6. The van der Waals surface area contributed by atoms with E-state index in [2.05, 4.69) is 5.32 Å². The van der Waals surface area contributed by atoms with E-state index in [0.717, 1.165) is 21.9 Å². The molecular weight excluding hydrogens is 476 g/mol. The third-order valence-electron chi connectivity index (χ3n) is 5.24. The van der Waals surface area contributed by atoms with Crippen molar-refractivity contribution in [2.45, 2.75) is 25.2 Å². The number of nitrogens with zero attached hydrogens (tertiary/aromatic N) is 1. The molecule has 3 rings (SSSR count). The number of anilines is 2. The maximum atomic E-state index is 13.8. The molecule has 3 aromatic rings. The van der Waals surface area contributed by atoms with Crippen molar-refractivity contribution in [2.24, 2.45) is 0 Å². The van der Waals surface area contributed by atoms with Crippen LogP contribution in [0.25, 0.3) is 0 Å². The molecular formula is C25H27ClN2O5S. The lowest BCUT2D eigenvalue weighted by Gasteiger charge is -2.25. The monoisotopic (exact) mass is 502 g/mol. The Morgan fingerprint density at radius 1 is 0.971 bits per heavy atom. The fourth-order valence-corrected chi connectivity index (χ4v) is 5.25. The average molecular weight is 503 g/mol. The molecule has 0 aliphatic carbocycles. The largest absolute Gasteiger partial charge is 0.495 e. The van der Waals surface area contributed by atoms with Crippen molar-refractivity contribution < 1.29 is 22.7 Å². The minimum Gasteiger partial charge on any atom is -0.495 e. The van der Waals surface area contributed by atoms with Crippen molar-refractivity contribution in [2.75, 3.05) is 30.4 Å². The van der Waals surface area contributed by atoms with E-state index in [1.165, 1.54) is 26.4 Å². The highest BCUT2D eigenvalue weighted by Gasteiger charge is 2.30. The van der Waals surface area contributed by atoms with E-state index in [1.54, 1.807) is 43.3 Å². The number of nitrogens with one attached hydrogen (secondary N) is 1. The van der Waals surface area contributed by atoms with Crippen molar-refractivity contribution in [1.82, 2.24) is 0 Å². The number of sulfonamides is 1. The summed E-state index contributed by atoms with van der Waals surface area (Å²) >= 11 is 6.06. The van der Waals surface area contributed by atoms with Gasteiger partial charge in [-0.05, 0) is 66.9 Å². The van der Waals surface area contributed by atoms with Gasteiger partial charge in [-0.2, -0.15) is 0 Å². The normalized spacial score (nSPS) is 11.1. The summed E-state index contributed by atoms with van der Waals surface area (Å²) in [4.78, 5) is 13.0. The summed E-state index contributed by atoms with van der Waals surface area (Å²) in [6.07, 6.45) is 0.799. The van der Waals surface area contributed by atoms with E-state index in [9.17, 15) is 13.2 Å². The number of carbonyl (C=O) groups excluding carboxylic acids is 1. The van der Waals surface area contributed by atoms with Crippen LogP contribution in [0, 0.1) is 6.92 Å². The number of carbonyl (C=O) groups is 1. The standard InChI is InChI=1S/C25H27ClN2O5S/c1-5-18-7-10-20(11-8-18)28(34(30,31)24-14-17(2)6-12-23(24)33-4)16-25(29)27-21-15-19(26)9-13-22(21)32-3/h6-15H,5,16H2,1-4H3,(H,27,29). The predicted octanol–water partition coefficient (Wildman–Crippen LogP) is 5.06. The number of hydrogen-bond acceptors (Lipinski definition) is 5. The molecule has 0 bridgehead atoms. The Morgan fingerprint density at radius 2 is 1.62 bits per heavy atom. The fourth-order valence-electron chi connectivity index (χ4n) is 3.42. The van der Waals surface area contributed by atoms with E-state index in [-0.39, 0.29) is 10.6 Å². The second kappa shape index (κ2) is 10.8. The number of benzene rings is 3. The number of methoxy groups -OCH3 is 2. The molecule has 0 radical (unpaired) electrons. The van der Waals surface area contributed by atoms with Gasteiger partial charge in [-0.25, -0.2) is 8.42 Å². The fraction of sp³-hybridized carbons (Fsp3) is 0.240. The van der Waals surface area contributed by atoms with Crippen LogP contribution >= 0.6 is 11.6 Å². The van der Waals surface area contributed by atoms with Crippen LogP contribution in [-0.2, 0) is 21.2 Å². The number of rotatable bonds is 9. The van der Waals surface area contributed by atoms with Gasteiger partial charge in [-0.1, -0.05) is 36.7 Å². The Kier molecular flexibility index (Phi) is 8.06. The summed E-state index contributed by atoms with van der Waals surface area (Å²) < 4.78 is 39.3. The molecule has 7 nitrogen and oxygen atoms in total. The quantitative estimate of drug-likeness (QED) is 0.442. The summed E-state index contributed by atoms with van der Waals surface area (Å²) in [5.74, 6) is 0.0350. The lowest BCUT2D eigenvalue weighted by molar-refractivity contribution is -0.114. The molecule has 0 saturated carbocycles. The van der Waals surface area contributed by atoms with Crippen LogP contribution < -0.4 is 19.1 Å². The lowest BCUT2D eigenvalue weighted by Crippen LogP contribution is -2.38. The SMILES string of the molecule is CCc1ccc(N(CC(=O)Nc2cc(Cl)ccc2OC)S(=O)(=O)c2cc(C)ccc2OC)cc1. The summed E-state index contributed by atoms with van der Waals surface area (Å²) in [7, 11) is -1.29. The molecule has 9 heteroatoms. The first-order chi connectivity index (χ1) is 16.2. The van der Waals surface area contributed by atoms with Crippen LogP contribution in [0.2, 0.25) is 5.02 Å². The topological polar surface area (TPSA) is 84.9 Å². The van der Waals surface area contributed by atoms with Gasteiger partial charge >= 0.3 is 0 Å². The highest BCUT2D eigenvalue weighted by Crippen LogP contribution is 2.32. The third kappa shape index (κ3) is 5.63. The molecule has 0 heterocycles. The molecule has 0 unspecified atom stereocenters. The zero-order chi connectivity index (χ0) is 24.9. The molecule has 180 valence electrons. The van der Waals surface area contributed by atoms with Gasteiger partial charge in [0.2, 0.25) is 5.91 Å². The van der Waals surface area contributed by atoms with Crippen LogP contribution in [0.3, 0.4) is 0 Å². The molecule has 0 saturated heterocycles. The molecule has 0 atom stereocenters. The predicted molar refractivity (Wildman–Crippen MR) is 135 cm³/mol. The number of amides is 1. The Hall–Kier alpha value is -3.23. The molecule has 1 amide bonds. The molecule has 34 heavy (non-hydrogen) atoms. The minimum absolute atomic E-state index is 0.0253. The zero-order valence-corrected chi connectivity index (χ0v) is 21.0. The van der Waals surface area contributed by atoms with Gasteiger partial charge < -0.3 is 14.8 Å². The lowest BCUT2D eigenvalue weighted by atomic mass is 10.1. The summed E-state index contributed by atoms with van der Waals surface area (Å²) in [6, 6.07) is 16.7.